The second-order valence-corrected chi connectivity index (χ2v) is 9.24. The normalized spacial score (nSPS) is 15.2. The summed E-state index contributed by atoms with van der Waals surface area (Å²) < 4.78 is 8.19. The monoisotopic (exact) mass is 405 g/mol. The first-order chi connectivity index (χ1) is 14.3. The van der Waals surface area contributed by atoms with E-state index in [4.69, 9.17) is 9.72 Å². The Morgan fingerprint density at radius 2 is 1.87 bits per heavy atom. The zero-order valence-electron chi connectivity index (χ0n) is 18.3. The molecule has 1 unspecified atom stereocenters. The lowest BCUT2D eigenvalue weighted by atomic mass is 9.87. The van der Waals surface area contributed by atoms with Crippen molar-refractivity contribution in [3.05, 3.63) is 59.9 Å². The van der Waals surface area contributed by atoms with Gasteiger partial charge in [-0.2, -0.15) is 0 Å². The van der Waals surface area contributed by atoms with Gasteiger partial charge in [0.15, 0.2) is 0 Å². The average Bonchev–Trinajstić information content (AvgIpc) is 3.50. The van der Waals surface area contributed by atoms with E-state index in [-0.39, 0.29) is 23.3 Å². The lowest BCUT2D eigenvalue weighted by Crippen LogP contribution is -2.30. The van der Waals surface area contributed by atoms with Crippen molar-refractivity contribution in [1.82, 2.24) is 14.9 Å². The number of amides is 1. The van der Waals surface area contributed by atoms with Crippen LogP contribution in [0.2, 0.25) is 0 Å². The van der Waals surface area contributed by atoms with E-state index in [0.29, 0.717) is 13.2 Å². The van der Waals surface area contributed by atoms with Crippen LogP contribution in [0.4, 0.5) is 0 Å². The Bertz CT molecular complexity index is 1030. The lowest BCUT2D eigenvalue weighted by molar-refractivity contribution is -0.123. The Morgan fingerprint density at radius 1 is 1.17 bits per heavy atom. The molecule has 1 aliphatic carbocycles. The van der Waals surface area contributed by atoms with Gasteiger partial charge in [-0.15, -0.1) is 0 Å². The van der Waals surface area contributed by atoms with E-state index in [0.717, 1.165) is 35.4 Å². The molecule has 1 aromatic heterocycles. The summed E-state index contributed by atoms with van der Waals surface area (Å²) in [6.45, 7) is 9.82. The molecule has 0 bridgehead atoms. The second-order valence-electron chi connectivity index (χ2n) is 9.24. The van der Waals surface area contributed by atoms with Gasteiger partial charge in [-0.3, -0.25) is 4.79 Å². The van der Waals surface area contributed by atoms with Crippen molar-refractivity contribution in [3.63, 3.8) is 0 Å². The van der Waals surface area contributed by atoms with Crippen LogP contribution < -0.4 is 10.1 Å². The molecule has 5 heteroatoms. The maximum absolute atomic E-state index is 12.2. The van der Waals surface area contributed by atoms with Crippen LogP contribution in [0.5, 0.6) is 5.75 Å². The molecule has 0 spiro atoms. The van der Waals surface area contributed by atoms with Gasteiger partial charge in [-0.25, -0.2) is 4.98 Å². The molecule has 1 saturated carbocycles. The number of imidazole rings is 1. The highest BCUT2D eigenvalue weighted by molar-refractivity contribution is 5.81. The Morgan fingerprint density at radius 3 is 2.53 bits per heavy atom. The highest BCUT2D eigenvalue weighted by Crippen LogP contribution is 2.30. The summed E-state index contributed by atoms with van der Waals surface area (Å²) in [5.74, 6) is 2.06. The largest absolute Gasteiger partial charge is 0.492 e. The van der Waals surface area contributed by atoms with E-state index >= 15 is 0 Å². The number of ether oxygens (including phenoxy) is 1. The maximum atomic E-state index is 12.2. The first kappa shape index (κ1) is 20.5. The number of para-hydroxylation sites is 2. The summed E-state index contributed by atoms with van der Waals surface area (Å²) in [7, 11) is 0. The Labute approximate surface area is 178 Å². The third kappa shape index (κ3) is 4.50. The predicted molar refractivity (Wildman–Crippen MR) is 120 cm³/mol. The number of carbonyl (C=O) groups is 1. The van der Waals surface area contributed by atoms with Crippen molar-refractivity contribution in [1.29, 1.82) is 0 Å². The molecule has 2 aromatic carbocycles. The van der Waals surface area contributed by atoms with Crippen LogP contribution in [-0.2, 0) is 16.8 Å². The van der Waals surface area contributed by atoms with Crippen LogP contribution in [0.15, 0.2) is 48.5 Å². The molecule has 1 heterocycles. The van der Waals surface area contributed by atoms with Crippen LogP contribution >= 0.6 is 0 Å². The standard InChI is InChI=1S/C25H31N3O2/c1-17(26-24(29)18-9-10-18)23-27-21-7-5-6-8-22(21)28(23)15-16-30-20-13-11-19(12-14-20)25(2,3)4/h5-8,11-14,17-18H,9-10,15-16H2,1-4H3,(H,26,29). The van der Waals surface area contributed by atoms with Gasteiger partial charge in [-0.1, -0.05) is 45.0 Å². The van der Waals surface area contributed by atoms with Gasteiger partial charge in [-0.05, 0) is 55.0 Å². The summed E-state index contributed by atoms with van der Waals surface area (Å²) >= 11 is 0. The van der Waals surface area contributed by atoms with Crippen molar-refractivity contribution in [3.8, 4) is 5.75 Å². The maximum Gasteiger partial charge on any atom is 0.223 e. The minimum absolute atomic E-state index is 0.129. The quantitative estimate of drug-likeness (QED) is 0.602. The minimum atomic E-state index is -0.142. The fraction of sp³-hybridized carbons (Fsp3) is 0.440. The number of aromatic nitrogens is 2. The predicted octanol–water partition coefficient (Wildman–Crippen LogP) is 5.00. The summed E-state index contributed by atoms with van der Waals surface area (Å²) in [6.07, 6.45) is 1.99. The topological polar surface area (TPSA) is 56.2 Å². The van der Waals surface area contributed by atoms with Gasteiger partial charge in [0, 0.05) is 5.92 Å². The fourth-order valence-electron chi connectivity index (χ4n) is 3.71. The third-order valence-corrected chi connectivity index (χ3v) is 5.68. The molecule has 0 radical (unpaired) electrons. The van der Waals surface area contributed by atoms with E-state index in [9.17, 15) is 4.79 Å². The Hall–Kier alpha value is -2.82. The average molecular weight is 406 g/mol. The van der Waals surface area contributed by atoms with Crippen LogP contribution in [0, 0.1) is 5.92 Å². The van der Waals surface area contributed by atoms with E-state index in [1.165, 1.54) is 5.56 Å². The minimum Gasteiger partial charge on any atom is -0.492 e. The first-order valence-electron chi connectivity index (χ1n) is 10.8. The zero-order chi connectivity index (χ0) is 21.3. The molecule has 30 heavy (non-hydrogen) atoms. The van der Waals surface area contributed by atoms with Crippen molar-refractivity contribution in [2.75, 3.05) is 6.61 Å². The number of carbonyl (C=O) groups excluding carboxylic acids is 1. The number of hydrogen-bond donors (Lipinski definition) is 1. The van der Waals surface area contributed by atoms with Crippen molar-refractivity contribution >= 4 is 16.9 Å². The SMILES string of the molecule is CC(NC(=O)C1CC1)c1nc2ccccc2n1CCOc1ccc(C(C)(C)C)cc1. The zero-order valence-corrected chi connectivity index (χ0v) is 18.3. The number of fused-ring (bicyclic) bond motifs is 1. The smallest absolute Gasteiger partial charge is 0.223 e. The Kier molecular flexibility index (Phi) is 5.54. The highest BCUT2D eigenvalue weighted by atomic mass is 16.5. The molecule has 1 aliphatic rings. The van der Waals surface area contributed by atoms with Crippen molar-refractivity contribution in [2.24, 2.45) is 5.92 Å². The third-order valence-electron chi connectivity index (χ3n) is 5.68. The number of hydrogen-bond acceptors (Lipinski definition) is 3. The van der Waals surface area contributed by atoms with E-state index in [2.05, 4.69) is 48.9 Å². The molecule has 1 amide bonds. The summed E-state index contributed by atoms with van der Waals surface area (Å²) in [6, 6.07) is 16.3. The molecule has 1 atom stereocenters. The molecule has 0 aliphatic heterocycles. The molecule has 0 saturated heterocycles. The molecule has 1 N–H and O–H groups in total. The van der Waals surface area contributed by atoms with Crippen LogP contribution in [-0.4, -0.2) is 22.1 Å². The molecular weight excluding hydrogens is 374 g/mol. The summed E-state index contributed by atoms with van der Waals surface area (Å²) in [4.78, 5) is 17.0. The van der Waals surface area contributed by atoms with Crippen molar-refractivity contribution in [2.45, 2.75) is 58.5 Å². The van der Waals surface area contributed by atoms with Crippen LogP contribution in [0.3, 0.4) is 0 Å². The van der Waals surface area contributed by atoms with E-state index in [1.807, 2.05) is 37.3 Å². The van der Waals surface area contributed by atoms with E-state index in [1.54, 1.807) is 0 Å². The fourth-order valence-corrected chi connectivity index (χ4v) is 3.71. The van der Waals surface area contributed by atoms with Gasteiger partial charge in [0.1, 0.15) is 18.2 Å². The van der Waals surface area contributed by atoms with E-state index < -0.39 is 0 Å². The molecule has 4 rings (SSSR count). The highest BCUT2D eigenvalue weighted by Gasteiger charge is 2.31. The molecule has 1 fully saturated rings. The number of rotatable bonds is 7. The lowest BCUT2D eigenvalue weighted by Gasteiger charge is -2.19. The summed E-state index contributed by atoms with van der Waals surface area (Å²) in [5.41, 5.74) is 3.42. The molecule has 158 valence electrons. The van der Waals surface area contributed by atoms with Crippen LogP contribution in [0.25, 0.3) is 11.0 Å². The van der Waals surface area contributed by atoms with Gasteiger partial charge in [0.2, 0.25) is 5.91 Å². The summed E-state index contributed by atoms with van der Waals surface area (Å²) in [5, 5.41) is 3.12. The van der Waals surface area contributed by atoms with Gasteiger partial charge in [0.25, 0.3) is 0 Å². The number of nitrogens with zero attached hydrogens (tertiary/aromatic N) is 2. The number of nitrogens with one attached hydrogen (secondary N) is 1. The van der Waals surface area contributed by atoms with Gasteiger partial charge < -0.3 is 14.6 Å². The van der Waals surface area contributed by atoms with Gasteiger partial charge >= 0.3 is 0 Å². The molecular formula is C25H31N3O2. The van der Waals surface area contributed by atoms with Gasteiger partial charge in [0.05, 0.1) is 23.6 Å². The van der Waals surface area contributed by atoms with Crippen LogP contribution in [0.1, 0.15) is 58.0 Å². The molecule has 5 nitrogen and oxygen atoms in total. The molecule has 3 aromatic rings. The van der Waals surface area contributed by atoms with Crippen molar-refractivity contribution < 1.29 is 9.53 Å². The number of benzene rings is 2. The second kappa shape index (κ2) is 8.13. The Balaban J connectivity index is 1.48. The first-order valence-corrected chi connectivity index (χ1v) is 10.8.